The second-order valence-corrected chi connectivity index (χ2v) is 13.1. The van der Waals surface area contributed by atoms with Gasteiger partial charge in [0.2, 0.25) is 0 Å². The third kappa shape index (κ3) is 5.59. The molecule has 41 heavy (non-hydrogen) atoms. The van der Waals surface area contributed by atoms with Crippen LogP contribution in [0.1, 0.15) is 42.1 Å². The summed E-state index contributed by atoms with van der Waals surface area (Å²) in [5.74, 6) is 0.621. The summed E-state index contributed by atoms with van der Waals surface area (Å²) in [6, 6.07) is 9.67. The molecule has 0 saturated carbocycles. The van der Waals surface area contributed by atoms with Crippen molar-refractivity contribution in [3.8, 4) is 0 Å². The number of anilines is 1. The second-order valence-electron chi connectivity index (χ2n) is 11.2. The van der Waals surface area contributed by atoms with Crippen LogP contribution in [-0.4, -0.2) is 61.6 Å². The van der Waals surface area contributed by atoms with Crippen LogP contribution in [0.25, 0.3) is 10.9 Å². The van der Waals surface area contributed by atoms with Crippen molar-refractivity contribution in [2.45, 2.75) is 57.3 Å². The number of alkyl halides is 3. The van der Waals surface area contributed by atoms with E-state index < -0.39 is 21.8 Å². The lowest BCUT2D eigenvalue weighted by atomic mass is 9.97. The average molecular weight is 589 g/mol. The molecule has 3 aromatic rings. The number of hydrogen-bond acceptors (Lipinski definition) is 5. The number of sulfonamides is 1. The zero-order valence-corrected chi connectivity index (χ0v) is 24.2. The molecule has 12 heteroatoms. The molecule has 2 N–H and O–H groups in total. The van der Waals surface area contributed by atoms with Crippen molar-refractivity contribution in [2.24, 2.45) is 5.92 Å². The lowest BCUT2D eigenvalue weighted by Gasteiger charge is -2.34. The highest BCUT2D eigenvalue weighted by Gasteiger charge is 2.41. The SMILES string of the molecule is Cc1cc2ccc(N3CCc4c(C(F)(F)F)cc(CN5CCC[C@H](C)C5)cc4S3(=O)=O)cc2n1CC(=N)N(C)C=N. The Morgan fingerprint density at radius 3 is 2.61 bits per heavy atom. The summed E-state index contributed by atoms with van der Waals surface area (Å²) in [5, 5.41) is 16.5. The number of aryl methyl sites for hydroxylation is 1. The maximum Gasteiger partial charge on any atom is 0.416 e. The molecule has 1 aromatic heterocycles. The summed E-state index contributed by atoms with van der Waals surface area (Å²) in [6.45, 7) is 5.87. The summed E-state index contributed by atoms with van der Waals surface area (Å²) < 4.78 is 73.7. The molecular weight excluding hydrogens is 553 g/mol. The van der Waals surface area contributed by atoms with E-state index in [9.17, 15) is 21.6 Å². The number of likely N-dealkylation sites (N-methyl/N-ethyl adjacent to an activating group) is 1. The van der Waals surface area contributed by atoms with E-state index in [2.05, 4.69) is 11.8 Å². The fourth-order valence-electron chi connectivity index (χ4n) is 6.03. The molecule has 3 heterocycles. The quantitative estimate of drug-likeness (QED) is 0.295. The molecule has 220 valence electrons. The van der Waals surface area contributed by atoms with E-state index in [1.807, 2.05) is 17.6 Å². The number of benzene rings is 2. The van der Waals surface area contributed by atoms with Gasteiger partial charge in [-0.05, 0) is 80.1 Å². The van der Waals surface area contributed by atoms with Gasteiger partial charge in [-0.25, -0.2) is 8.42 Å². The number of aromatic nitrogens is 1. The lowest BCUT2D eigenvalue weighted by molar-refractivity contribution is -0.138. The summed E-state index contributed by atoms with van der Waals surface area (Å²) in [4.78, 5) is 3.20. The fourth-order valence-corrected chi connectivity index (χ4v) is 7.81. The average Bonchev–Trinajstić information content (AvgIpc) is 3.21. The van der Waals surface area contributed by atoms with Crippen molar-refractivity contribution in [3.05, 3.63) is 58.8 Å². The first-order valence-electron chi connectivity index (χ1n) is 13.7. The highest BCUT2D eigenvalue weighted by atomic mass is 32.2. The topological polar surface area (TPSA) is 96.5 Å². The zero-order valence-electron chi connectivity index (χ0n) is 23.4. The number of fused-ring (bicyclic) bond motifs is 2. The van der Waals surface area contributed by atoms with E-state index in [1.54, 1.807) is 25.2 Å². The van der Waals surface area contributed by atoms with Crippen LogP contribution in [0, 0.1) is 23.7 Å². The van der Waals surface area contributed by atoms with Crippen molar-refractivity contribution in [1.82, 2.24) is 14.4 Å². The van der Waals surface area contributed by atoms with Crippen molar-refractivity contribution in [3.63, 3.8) is 0 Å². The first-order chi connectivity index (χ1) is 19.3. The maximum atomic E-state index is 14.2. The van der Waals surface area contributed by atoms with E-state index in [1.165, 1.54) is 15.3 Å². The van der Waals surface area contributed by atoms with Gasteiger partial charge < -0.3 is 9.47 Å². The number of amidine groups is 1. The summed E-state index contributed by atoms with van der Waals surface area (Å²) >= 11 is 0. The largest absolute Gasteiger partial charge is 0.416 e. The minimum Gasteiger partial charge on any atom is -0.337 e. The number of likely N-dealkylation sites (tertiary alicyclic amines) is 1. The molecule has 0 unspecified atom stereocenters. The number of rotatable bonds is 6. The summed E-state index contributed by atoms with van der Waals surface area (Å²) in [6.07, 6.45) is -1.64. The predicted octanol–water partition coefficient (Wildman–Crippen LogP) is 5.47. The molecule has 2 aliphatic heterocycles. The molecule has 0 aliphatic carbocycles. The van der Waals surface area contributed by atoms with Crippen molar-refractivity contribution in [2.75, 3.05) is 31.0 Å². The third-order valence-electron chi connectivity index (χ3n) is 8.16. The van der Waals surface area contributed by atoms with Gasteiger partial charge in [0.25, 0.3) is 10.0 Å². The fraction of sp³-hybridized carbons (Fsp3) is 0.448. The molecule has 1 fully saturated rings. The van der Waals surface area contributed by atoms with E-state index in [-0.39, 0.29) is 42.3 Å². The van der Waals surface area contributed by atoms with Gasteiger partial charge in [0.1, 0.15) is 5.84 Å². The Morgan fingerprint density at radius 2 is 1.93 bits per heavy atom. The van der Waals surface area contributed by atoms with Gasteiger partial charge in [0.05, 0.1) is 34.5 Å². The van der Waals surface area contributed by atoms with E-state index >= 15 is 0 Å². The van der Waals surface area contributed by atoms with Crippen molar-refractivity contribution >= 4 is 38.8 Å². The van der Waals surface area contributed by atoms with Crippen molar-refractivity contribution in [1.29, 1.82) is 10.8 Å². The Balaban J connectivity index is 1.55. The molecule has 0 amide bonds. The van der Waals surface area contributed by atoms with Gasteiger partial charge in [-0.15, -0.1) is 0 Å². The minimum atomic E-state index is -4.67. The molecule has 0 radical (unpaired) electrons. The van der Waals surface area contributed by atoms with Crippen LogP contribution >= 0.6 is 0 Å². The second kappa shape index (κ2) is 10.8. The van der Waals surface area contributed by atoms with Gasteiger partial charge in [0, 0.05) is 37.8 Å². The number of halogens is 3. The Bertz CT molecular complexity index is 1610. The molecule has 0 bridgehead atoms. The van der Waals surface area contributed by atoms with Gasteiger partial charge in [-0.1, -0.05) is 13.0 Å². The van der Waals surface area contributed by atoms with E-state index in [0.717, 1.165) is 49.4 Å². The van der Waals surface area contributed by atoms with Gasteiger partial charge in [0.15, 0.2) is 0 Å². The zero-order chi connectivity index (χ0) is 29.7. The van der Waals surface area contributed by atoms with Gasteiger partial charge in [-0.3, -0.25) is 20.0 Å². The van der Waals surface area contributed by atoms with Crippen LogP contribution in [0.4, 0.5) is 18.9 Å². The maximum absolute atomic E-state index is 14.2. The van der Waals surface area contributed by atoms with Crippen LogP contribution in [-0.2, 0) is 35.7 Å². The van der Waals surface area contributed by atoms with Gasteiger partial charge >= 0.3 is 6.18 Å². The Hall–Kier alpha value is -3.38. The van der Waals surface area contributed by atoms with Gasteiger partial charge in [-0.2, -0.15) is 13.2 Å². The highest BCUT2D eigenvalue weighted by molar-refractivity contribution is 7.93. The molecule has 2 aliphatic rings. The van der Waals surface area contributed by atoms with Crippen LogP contribution in [0.15, 0.2) is 41.3 Å². The Labute approximate surface area is 238 Å². The third-order valence-corrected chi connectivity index (χ3v) is 10.1. The van der Waals surface area contributed by atoms with E-state index in [0.29, 0.717) is 22.7 Å². The minimum absolute atomic E-state index is 0.0582. The molecule has 8 nitrogen and oxygen atoms in total. The standard InChI is InChI=1S/C29H35F3N6O2S/c1-19-5-4-9-36(15-19)16-21-12-25(29(30,31)32)24-8-10-38(41(39,40)27(24)13-21)23-7-6-22-11-20(2)37(26(22)14-23)17-28(34)35(3)18-33/h6-7,11-14,18-19,33-34H,4-5,8-10,15-17H2,1-3H3/t19-/m0/s1. The number of hydrogen-bond donors (Lipinski definition) is 2. The predicted molar refractivity (Wildman–Crippen MR) is 154 cm³/mol. The molecule has 2 aromatic carbocycles. The molecule has 1 saturated heterocycles. The molecular formula is C29H35F3N6O2S. The Morgan fingerprint density at radius 1 is 1.17 bits per heavy atom. The van der Waals surface area contributed by atoms with E-state index in [4.69, 9.17) is 10.8 Å². The summed E-state index contributed by atoms with van der Waals surface area (Å²) in [7, 11) is -2.68. The number of piperidine rings is 1. The van der Waals surface area contributed by atoms with Crippen LogP contribution in [0.5, 0.6) is 0 Å². The lowest BCUT2D eigenvalue weighted by Crippen LogP contribution is -2.39. The summed E-state index contributed by atoms with van der Waals surface area (Å²) in [5.41, 5.74) is 1.23. The normalized spacial score (nSPS) is 19.3. The molecule has 5 rings (SSSR count). The first kappa shape index (κ1) is 29.1. The van der Waals surface area contributed by atoms with Crippen LogP contribution < -0.4 is 4.31 Å². The Kier molecular flexibility index (Phi) is 7.66. The smallest absolute Gasteiger partial charge is 0.337 e. The highest BCUT2D eigenvalue weighted by Crippen LogP contribution is 2.41. The number of nitrogens with one attached hydrogen (secondary N) is 2. The van der Waals surface area contributed by atoms with Crippen LogP contribution in [0.2, 0.25) is 0 Å². The number of nitrogens with zero attached hydrogens (tertiary/aromatic N) is 4. The first-order valence-corrected chi connectivity index (χ1v) is 15.1. The van der Waals surface area contributed by atoms with Crippen molar-refractivity contribution < 1.29 is 21.6 Å². The molecule has 1 atom stereocenters. The van der Waals surface area contributed by atoms with Crippen LogP contribution in [0.3, 0.4) is 0 Å². The monoisotopic (exact) mass is 588 g/mol. The molecule has 0 spiro atoms.